The molecule has 0 saturated carbocycles. The van der Waals surface area contributed by atoms with Gasteiger partial charge in [0.2, 0.25) is 11.8 Å². The fraction of sp³-hybridized carbons (Fsp3) is 0.176. The van der Waals surface area contributed by atoms with E-state index in [4.69, 9.17) is 0 Å². The first kappa shape index (κ1) is 16.2. The van der Waals surface area contributed by atoms with E-state index in [1.807, 2.05) is 43.3 Å². The molecule has 0 bridgehead atoms. The highest BCUT2D eigenvalue weighted by Gasteiger charge is 2.16. The number of benzene rings is 2. The van der Waals surface area contributed by atoms with E-state index in [2.05, 4.69) is 21.2 Å². The van der Waals surface area contributed by atoms with Gasteiger partial charge in [-0.25, -0.2) is 0 Å². The molecule has 5 heteroatoms. The first-order valence-corrected chi connectivity index (χ1v) is 7.65. The quantitative estimate of drug-likeness (QED) is 0.902. The van der Waals surface area contributed by atoms with E-state index < -0.39 is 0 Å². The van der Waals surface area contributed by atoms with Gasteiger partial charge >= 0.3 is 0 Å². The van der Waals surface area contributed by atoms with Crippen molar-refractivity contribution in [3.05, 3.63) is 58.6 Å². The predicted molar refractivity (Wildman–Crippen MR) is 92.0 cm³/mol. The van der Waals surface area contributed by atoms with Crippen LogP contribution in [0.1, 0.15) is 12.5 Å². The third-order valence-electron chi connectivity index (χ3n) is 3.12. The number of carbonyl (C=O) groups excluding carboxylic acids is 2. The summed E-state index contributed by atoms with van der Waals surface area (Å²) in [4.78, 5) is 25.4. The third-order valence-corrected chi connectivity index (χ3v) is 3.65. The van der Waals surface area contributed by atoms with Crippen LogP contribution in [0.4, 0.5) is 11.4 Å². The summed E-state index contributed by atoms with van der Waals surface area (Å²) in [5.74, 6) is -0.407. The Morgan fingerprint density at radius 1 is 1.14 bits per heavy atom. The molecule has 2 aromatic carbocycles. The third kappa shape index (κ3) is 4.43. The second kappa shape index (κ2) is 7.22. The first-order chi connectivity index (χ1) is 10.5. The van der Waals surface area contributed by atoms with Gasteiger partial charge in [-0.15, -0.1) is 0 Å². The van der Waals surface area contributed by atoms with Gasteiger partial charge < -0.3 is 10.2 Å². The molecular weight excluding hydrogens is 344 g/mol. The zero-order valence-corrected chi connectivity index (χ0v) is 14.1. The molecule has 0 spiro atoms. The molecule has 0 heterocycles. The van der Waals surface area contributed by atoms with Crippen LogP contribution in [0.2, 0.25) is 0 Å². The number of hydrogen-bond acceptors (Lipinski definition) is 2. The summed E-state index contributed by atoms with van der Waals surface area (Å²) in [6, 6.07) is 14.8. The van der Waals surface area contributed by atoms with Crippen LogP contribution < -0.4 is 10.2 Å². The van der Waals surface area contributed by atoms with Gasteiger partial charge in [-0.2, -0.15) is 0 Å². The van der Waals surface area contributed by atoms with Crippen molar-refractivity contribution in [2.24, 2.45) is 0 Å². The standard InChI is InChI=1S/C17H17BrN2O2/c1-12-4-3-5-16(10-12)20(13(2)21)11-17(22)19-15-8-6-14(18)7-9-15/h3-10H,11H2,1-2H3,(H,19,22). The van der Waals surface area contributed by atoms with Crippen molar-refractivity contribution in [2.75, 3.05) is 16.8 Å². The monoisotopic (exact) mass is 360 g/mol. The molecule has 0 atom stereocenters. The van der Waals surface area contributed by atoms with Gasteiger partial charge in [-0.1, -0.05) is 28.1 Å². The molecule has 114 valence electrons. The normalized spacial score (nSPS) is 10.1. The van der Waals surface area contributed by atoms with Crippen molar-refractivity contribution >= 4 is 39.1 Å². The van der Waals surface area contributed by atoms with Crippen LogP contribution in [-0.2, 0) is 9.59 Å². The van der Waals surface area contributed by atoms with Crippen molar-refractivity contribution in [3.63, 3.8) is 0 Å². The minimum Gasteiger partial charge on any atom is -0.325 e. The van der Waals surface area contributed by atoms with E-state index >= 15 is 0 Å². The molecule has 2 rings (SSSR count). The molecule has 0 fully saturated rings. The van der Waals surface area contributed by atoms with Crippen molar-refractivity contribution in [2.45, 2.75) is 13.8 Å². The number of aryl methyl sites for hydroxylation is 1. The van der Waals surface area contributed by atoms with Gasteiger partial charge in [0.15, 0.2) is 0 Å². The number of amides is 2. The second-order valence-corrected chi connectivity index (χ2v) is 5.91. The Morgan fingerprint density at radius 3 is 2.41 bits per heavy atom. The largest absolute Gasteiger partial charge is 0.325 e. The summed E-state index contributed by atoms with van der Waals surface area (Å²) in [7, 11) is 0. The van der Waals surface area contributed by atoms with Crippen LogP contribution in [0.5, 0.6) is 0 Å². The topological polar surface area (TPSA) is 49.4 Å². The highest BCUT2D eigenvalue weighted by molar-refractivity contribution is 9.10. The Morgan fingerprint density at radius 2 is 1.82 bits per heavy atom. The van der Waals surface area contributed by atoms with E-state index in [9.17, 15) is 9.59 Å². The molecule has 4 nitrogen and oxygen atoms in total. The minimum atomic E-state index is -0.237. The molecule has 0 aliphatic carbocycles. The van der Waals surface area contributed by atoms with Gasteiger partial charge in [-0.05, 0) is 48.9 Å². The molecule has 0 radical (unpaired) electrons. The highest BCUT2D eigenvalue weighted by atomic mass is 79.9. The maximum absolute atomic E-state index is 12.2. The van der Waals surface area contributed by atoms with E-state index in [1.165, 1.54) is 11.8 Å². The average Bonchev–Trinajstić information content (AvgIpc) is 2.47. The lowest BCUT2D eigenvalue weighted by atomic mass is 10.2. The van der Waals surface area contributed by atoms with Crippen molar-refractivity contribution < 1.29 is 9.59 Å². The molecule has 22 heavy (non-hydrogen) atoms. The number of anilines is 2. The molecule has 0 aliphatic heterocycles. The summed E-state index contributed by atoms with van der Waals surface area (Å²) >= 11 is 3.34. The molecular formula is C17H17BrN2O2. The Kier molecular flexibility index (Phi) is 5.33. The van der Waals surface area contributed by atoms with Gasteiger partial charge in [0.1, 0.15) is 6.54 Å². The summed E-state index contributed by atoms with van der Waals surface area (Å²) in [6.07, 6.45) is 0. The Balaban J connectivity index is 2.09. The molecule has 0 saturated heterocycles. The van der Waals surface area contributed by atoms with Gasteiger partial charge in [-0.3, -0.25) is 9.59 Å². The van der Waals surface area contributed by atoms with Crippen LogP contribution >= 0.6 is 15.9 Å². The van der Waals surface area contributed by atoms with Gasteiger partial charge in [0.05, 0.1) is 0 Å². The van der Waals surface area contributed by atoms with Gasteiger partial charge in [0, 0.05) is 22.8 Å². The predicted octanol–water partition coefficient (Wildman–Crippen LogP) is 3.75. The number of carbonyl (C=O) groups is 2. The molecule has 0 aromatic heterocycles. The van der Waals surface area contributed by atoms with E-state index in [0.29, 0.717) is 5.69 Å². The Bertz CT molecular complexity index is 683. The number of nitrogens with one attached hydrogen (secondary N) is 1. The Labute approximate surface area is 138 Å². The highest BCUT2D eigenvalue weighted by Crippen LogP contribution is 2.17. The van der Waals surface area contributed by atoms with Crippen LogP contribution in [0.15, 0.2) is 53.0 Å². The number of halogens is 1. The lowest BCUT2D eigenvalue weighted by Crippen LogP contribution is -2.36. The maximum atomic E-state index is 12.2. The van der Waals surface area contributed by atoms with Crippen LogP contribution in [0.3, 0.4) is 0 Å². The summed E-state index contributed by atoms with van der Waals surface area (Å²) in [5.41, 5.74) is 2.46. The van der Waals surface area contributed by atoms with Crippen LogP contribution in [-0.4, -0.2) is 18.4 Å². The lowest BCUT2D eigenvalue weighted by Gasteiger charge is -2.21. The second-order valence-electron chi connectivity index (χ2n) is 5.00. The summed E-state index contributed by atoms with van der Waals surface area (Å²) in [5, 5.41) is 2.79. The zero-order valence-electron chi connectivity index (χ0n) is 12.5. The van der Waals surface area contributed by atoms with Crippen molar-refractivity contribution in [3.8, 4) is 0 Å². The number of nitrogens with zero attached hydrogens (tertiary/aromatic N) is 1. The number of hydrogen-bond donors (Lipinski definition) is 1. The smallest absolute Gasteiger partial charge is 0.244 e. The minimum absolute atomic E-state index is 0.0190. The number of rotatable bonds is 4. The fourth-order valence-electron chi connectivity index (χ4n) is 2.06. The maximum Gasteiger partial charge on any atom is 0.244 e. The van der Waals surface area contributed by atoms with E-state index in [-0.39, 0.29) is 18.4 Å². The van der Waals surface area contributed by atoms with Crippen molar-refractivity contribution in [1.29, 1.82) is 0 Å². The molecule has 0 aliphatic rings. The van der Waals surface area contributed by atoms with E-state index in [1.54, 1.807) is 12.1 Å². The first-order valence-electron chi connectivity index (χ1n) is 6.86. The van der Waals surface area contributed by atoms with Crippen LogP contribution in [0.25, 0.3) is 0 Å². The van der Waals surface area contributed by atoms with Crippen LogP contribution in [0, 0.1) is 6.92 Å². The average molecular weight is 361 g/mol. The molecule has 2 amide bonds. The SMILES string of the molecule is CC(=O)N(CC(=O)Nc1ccc(Br)cc1)c1cccc(C)c1. The van der Waals surface area contributed by atoms with Gasteiger partial charge in [0.25, 0.3) is 0 Å². The Hall–Kier alpha value is -2.14. The lowest BCUT2D eigenvalue weighted by molar-refractivity contribution is -0.120. The van der Waals surface area contributed by atoms with E-state index in [0.717, 1.165) is 15.7 Å². The molecule has 0 unspecified atom stereocenters. The molecule has 1 N–H and O–H groups in total. The zero-order chi connectivity index (χ0) is 16.1. The fourth-order valence-corrected chi connectivity index (χ4v) is 2.32. The molecule has 2 aromatic rings. The van der Waals surface area contributed by atoms with Crippen molar-refractivity contribution in [1.82, 2.24) is 0 Å². The summed E-state index contributed by atoms with van der Waals surface area (Å²) in [6.45, 7) is 3.38. The summed E-state index contributed by atoms with van der Waals surface area (Å²) < 4.78 is 0.940.